The summed E-state index contributed by atoms with van der Waals surface area (Å²) in [7, 11) is 0. The van der Waals surface area contributed by atoms with Gasteiger partial charge in [0.25, 0.3) is 5.92 Å². The number of hydrogen-bond donors (Lipinski definition) is 0. The van der Waals surface area contributed by atoms with Gasteiger partial charge in [-0.15, -0.1) is 0 Å². The average molecular weight is 536 g/mol. The summed E-state index contributed by atoms with van der Waals surface area (Å²) in [6.07, 6.45) is 13.2. The topological polar surface area (TPSA) is 34.6 Å². The third kappa shape index (κ3) is 6.88. The summed E-state index contributed by atoms with van der Waals surface area (Å²) in [6, 6.07) is 4.52. The molecule has 1 saturated heterocycles. The number of aryl methyl sites for hydroxylation is 1. The first-order chi connectivity index (χ1) is 18.4. The average Bonchev–Trinajstić information content (AvgIpc) is 3.67. The van der Waals surface area contributed by atoms with Crippen molar-refractivity contribution in [1.29, 1.82) is 0 Å². The quantitative estimate of drug-likeness (QED) is 0.130. The smallest absolute Gasteiger partial charge is 0.279 e. The second kappa shape index (κ2) is 13.3. The fourth-order valence-electron chi connectivity index (χ4n) is 5.60. The minimum absolute atomic E-state index is 0.0738. The van der Waals surface area contributed by atoms with Crippen LogP contribution in [0.2, 0.25) is 0 Å². The number of epoxide rings is 1. The first-order valence-electron chi connectivity index (χ1n) is 14.5. The molecule has 4 rings (SSSR count). The lowest BCUT2D eigenvalue weighted by Crippen LogP contribution is -2.33. The minimum Gasteiger partial charge on any atom is -0.489 e. The van der Waals surface area contributed by atoms with E-state index < -0.39 is 29.0 Å². The third-order valence-corrected chi connectivity index (χ3v) is 8.01. The molecule has 2 heterocycles. The summed E-state index contributed by atoms with van der Waals surface area (Å²) >= 11 is 0. The zero-order valence-electron chi connectivity index (χ0n) is 22.7. The predicted molar refractivity (Wildman–Crippen MR) is 142 cm³/mol. The number of hydrogen-bond acceptors (Lipinski definition) is 3. The Morgan fingerprint density at radius 2 is 1.66 bits per heavy atom. The molecule has 3 nitrogen and oxygen atoms in total. The van der Waals surface area contributed by atoms with Crippen LogP contribution in [-0.4, -0.2) is 23.8 Å². The Labute approximate surface area is 224 Å². The van der Waals surface area contributed by atoms with Gasteiger partial charge in [0.1, 0.15) is 18.5 Å². The van der Waals surface area contributed by atoms with Gasteiger partial charge in [0.2, 0.25) is 0 Å². The zero-order valence-corrected chi connectivity index (χ0v) is 22.7. The molecule has 1 aliphatic heterocycles. The molecule has 1 aromatic carbocycles. The molecule has 1 aliphatic carbocycles. The number of halogens is 4. The molecule has 3 unspecified atom stereocenters. The molecule has 0 amide bonds. The molecule has 1 fully saturated rings. The fraction of sp³-hybridized carbons (Fsp3) is 0.645. The number of pyridine rings is 1. The molecule has 1 aromatic heterocycles. The summed E-state index contributed by atoms with van der Waals surface area (Å²) < 4.78 is 72.3. The van der Waals surface area contributed by atoms with Crippen molar-refractivity contribution in [2.45, 2.75) is 115 Å². The van der Waals surface area contributed by atoms with Crippen LogP contribution in [0, 0.1) is 17.6 Å². The number of benzene rings is 1. The first-order valence-corrected chi connectivity index (χ1v) is 14.5. The number of ether oxygens (including phenoxy) is 2. The lowest BCUT2D eigenvalue weighted by atomic mass is 9.77. The van der Waals surface area contributed by atoms with E-state index in [0.717, 1.165) is 38.5 Å². The van der Waals surface area contributed by atoms with E-state index in [1.165, 1.54) is 37.6 Å². The summed E-state index contributed by atoms with van der Waals surface area (Å²) in [5, 5.41) is 0. The van der Waals surface area contributed by atoms with Gasteiger partial charge < -0.3 is 9.47 Å². The first kappa shape index (κ1) is 28.8. The van der Waals surface area contributed by atoms with Gasteiger partial charge in [-0.1, -0.05) is 71.6 Å². The molecule has 0 saturated carbocycles. The second-order valence-corrected chi connectivity index (χ2v) is 10.9. The maximum absolute atomic E-state index is 15.4. The van der Waals surface area contributed by atoms with Crippen LogP contribution in [0.3, 0.4) is 0 Å². The van der Waals surface area contributed by atoms with E-state index in [4.69, 9.17) is 9.47 Å². The van der Waals surface area contributed by atoms with E-state index in [-0.39, 0.29) is 35.4 Å². The molecule has 3 atom stereocenters. The van der Waals surface area contributed by atoms with Crippen LogP contribution in [0.15, 0.2) is 24.4 Å². The Bertz CT molecular complexity index is 1040. The molecule has 38 heavy (non-hydrogen) atoms. The maximum Gasteiger partial charge on any atom is 0.279 e. The Hall–Kier alpha value is -2.15. The van der Waals surface area contributed by atoms with E-state index in [2.05, 4.69) is 18.8 Å². The highest BCUT2D eigenvalue weighted by Gasteiger charge is 2.48. The molecule has 0 radical (unpaired) electrons. The number of unbranched alkanes of at least 4 members (excludes halogenated alkanes) is 7. The summed E-state index contributed by atoms with van der Waals surface area (Å²) in [5.41, 5.74) is -0.501. The van der Waals surface area contributed by atoms with Crippen LogP contribution in [0.4, 0.5) is 17.6 Å². The van der Waals surface area contributed by atoms with Crippen molar-refractivity contribution >= 4 is 0 Å². The van der Waals surface area contributed by atoms with Crippen LogP contribution in [-0.2, 0) is 17.1 Å². The van der Waals surface area contributed by atoms with Gasteiger partial charge in [-0.05, 0) is 49.4 Å². The van der Waals surface area contributed by atoms with Crippen LogP contribution >= 0.6 is 0 Å². The minimum atomic E-state index is -3.38. The molecular formula is C31H41F4NO2. The molecule has 0 N–H and O–H groups in total. The Kier molecular flexibility index (Phi) is 10.1. The number of aromatic nitrogens is 1. The van der Waals surface area contributed by atoms with Gasteiger partial charge in [-0.3, -0.25) is 4.98 Å². The molecule has 0 spiro atoms. The van der Waals surface area contributed by atoms with Crippen LogP contribution < -0.4 is 4.74 Å². The van der Waals surface area contributed by atoms with Gasteiger partial charge in [-0.25, -0.2) is 17.6 Å². The van der Waals surface area contributed by atoms with Gasteiger partial charge in [0.05, 0.1) is 23.6 Å². The molecule has 210 valence electrons. The largest absolute Gasteiger partial charge is 0.489 e. The number of nitrogens with zero attached hydrogens (tertiary/aromatic N) is 1. The highest BCUT2D eigenvalue weighted by molar-refractivity contribution is 5.63. The number of fused-ring (bicyclic) bond motifs is 1. The monoisotopic (exact) mass is 535 g/mol. The molecule has 7 heteroatoms. The predicted octanol–water partition coefficient (Wildman–Crippen LogP) is 9.16. The second-order valence-electron chi connectivity index (χ2n) is 10.9. The van der Waals surface area contributed by atoms with Crippen LogP contribution in [0.5, 0.6) is 5.75 Å². The zero-order chi connectivity index (χ0) is 27.1. The summed E-state index contributed by atoms with van der Waals surface area (Å²) in [4.78, 5) is 4.23. The summed E-state index contributed by atoms with van der Waals surface area (Å²) in [6.45, 7) is 4.70. The van der Waals surface area contributed by atoms with Crippen molar-refractivity contribution in [3.05, 3.63) is 47.2 Å². The highest BCUT2D eigenvalue weighted by atomic mass is 19.3. The van der Waals surface area contributed by atoms with Crippen molar-refractivity contribution in [1.82, 2.24) is 4.98 Å². The molecule has 0 bridgehead atoms. The SMILES string of the molecule is CCCCCCCCCC1CCc2cc(-c3ccc(OCC4OC4CCCC)cn3)c(F)c(F)c2C1(F)F. The van der Waals surface area contributed by atoms with E-state index >= 15 is 17.6 Å². The normalized spacial score (nSPS) is 21.8. The van der Waals surface area contributed by atoms with Gasteiger partial charge in [-0.2, -0.15) is 0 Å². The van der Waals surface area contributed by atoms with Gasteiger partial charge in [0.15, 0.2) is 11.6 Å². The highest BCUT2D eigenvalue weighted by Crippen LogP contribution is 2.49. The van der Waals surface area contributed by atoms with Crippen LogP contribution in [0.1, 0.15) is 102 Å². The van der Waals surface area contributed by atoms with Crippen molar-refractivity contribution < 1.29 is 27.0 Å². The van der Waals surface area contributed by atoms with E-state index in [9.17, 15) is 0 Å². The lowest BCUT2D eigenvalue weighted by Gasteiger charge is -2.34. The van der Waals surface area contributed by atoms with Crippen molar-refractivity contribution in [2.75, 3.05) is 6.61 Å². The Morgan fingerprint density at radius 1 is 0.921 bits per heavy atom. The van der Waals surface area contributed by atoms with Crippen molar-refractivity contribution in [3.63, 3.8) is 0 Å². The third-order valence-electron chi connectivity index (χ3n) is 8.01. The number of rotatable bonds is 15. The molecule has 2 aliphatic rings. The maximum atomic E-state index is 15.4. The van der Waals surface area contributed by atoms with E-state index in [0.29, 0.717) is 31.6 Å². The molecular weight excluding hydrogens is 494 g/mol. The van der Waals surface area contributed by atoms with E-state index in [1.54, 1.807) is 6.07 Å². The Morgan fingerprint density at radius 3 is 2.37 bits per heavy atom. The molecule has 2 aromatic rings. The fourth-order valence-corrected chi connectivity index (χ4v) is 5.60. The summed E-state index contributed by atoms with van der Waals surface area (Å²) in [5.74, 6) is -6.57. The Balaban J connectivity index is 1.38. The van der Waals surface area contributed by atoms with Crippen LogP contribution in [0.25, 0.3) is 11.3 Å². The van der Waals surface area contributed by atoms with Gasteiger partial charge in [0, 0.05) is 11.5 Å². The van der Waals surface area contributed by atoms with Crippen molar-refractivity contribution in [2.24, 2.45) is 5.92 Å². The van der Waals surface area contributed by atoms with Crippen molar-refractivity contribution in [3.8, 4) is 17.0 Å². The number of alkyl halides is 2. The van der Waals surface area contributed by atoms with Gasteiger partial charge >= 0.3 is 0 Å². The lowest BCUT2D eigenvalue weighted by molar-refractivity contribution is -0.0823. The van der Waals surface area contributed by atoms with E-state index in [1.807, 2.05) is 0 Å². The standard InChI is InChI=1S/C31H41F4NO2/c1-3-5-7-8-9-10-11-12-22-15-14-21-18-24(29(32)30(33)28(21)31(22,34)35)25-17-16-23(19-36-25)37-20-27-26(38-27)13-6-4-2/h16-19,22,26-27H,3-15,20H2,1-2H3.